The van der Waals surface area contributed by atoms with Crippen molar-refractivity contribution in [3.8, 4) is 5.69 Å². The molecule has 2 aromatic carbocycles. The Balaban J connectivity index is 1.59. The minimum atomic E-state index is -0.387. The normalized spacial score (nSPS) is 15.9. The second-order valence-corrected chi connectivity index (χ2v) is 8.52. The van der Waals surface area contributed by atoms with Gasteiger partial charge in [-0.3, -0.25) is 13.9 Å². The number of ether oxygens (including phenoxy) is 2. The lowest BCUT2D eigenvalue weighted by molar-refractivity contribution is 0.0526. The van der Waals surface area contributed by atoms with Gasteiger partial charge in [-0.25, -0.2) is 19.7 Å². The van der Waals surface area contributed by atoms with Gasteiger partial charge < -0.3 is 9.47 Å². The number of hydrogen-bond acceptors (Lipinski definition) is 7. The summed E-state index contributed by atoms with van der Waals surface area (Å²) in [6, 6.07) is 14.5. The van der Waals surface area contributed by atoms with Crippen molar-refractivity contribution in [1.29, 1.82) is 0 Å². The molecule has 0 spiro atoms. The lowest BCUT2D eigenvalue weighted by Crippen LogP contribution is -2.26. The van der Waals surface area contributed by atoms with Crippen LogP contribution < -0.4 is 5.56 Å². The lowest BCUT2D eigenvalue weighted by Gasteiger charge is -2.11. The van der Waals surface area contributed by atoms with Crippen LogP contribution in [0.3, 0.4) is 0 Å². The molecular weight excluding hydrogens is 446 g/mol. The van der Waals surface area contributed by atoms with E-state index < -0.39 is 0 Å². The van der Waals surface area contributed by atoms with E-state index in [1.807, 2.05) is 28.8 Å². The average molecular weight is 470 g/mol. The standard InChI is InChI=1S/C26H23N5O4/c1-2-34-26(33)16-9-11-17(12-10-16)31-23-21(22-24(31)29-20-8-4-3-7-19(20)28-22)25(32)30(15-27-23)14-18-6-5-13-35-18/h3-4,7-12,15,18H,2,5-6,13-14H2,1H3. The van der Waals surface area contributed by atoms with E-state index in [-0.39, 0.29) is 17.6 Å². The van der Waals surface area contributed by atoms with Gasteiger partial charge in [0, 0.05) is 12.3 Å². The molecule has 0 aliphatic carbocycles. The Bertz CT molecular complexity index is 1630. The fourth-order valence-corrected chi connectivity index (χ4v) is 4.62. The SMILES string of the molecule is CCOC(=O)c1ccc(-n2c3nc4ccccc4nc3c3c(=O)n(CC4CCCO4)cnc32)cc1. The summed E-state index contributed by atoms with van der Waals surface area (Å²) in [6.45, 7) is 3.24. The van der Waals surface area contributed by atoms with Gasteiger partial charge in [0.15, 0.2) is 11.3 Å². The number of aromatic nitrogens is 5. The van der Waals surface area contributed by atoms with Crippen LogP contribution in [0.2, 0.25) is 0 Å². The third kappa shape index (κ3) is 3.64. The molecule has 0 bridgehead atoms. The molecule has 9 nitrogen and oxygen atoms in total. The molecule has 0 amide bonds. The Labute approximate surface area is 200 Å². The molecule has 1 unspecified atom stereocenters. The van der Waals surface area contributed by atoms with Crippen LogP contribution in [0.25, 0.3) is 38.9 Å². The Morgan fingerprint density at radius 2 is 1.86 bits per heavy atom. The van der Waals surface area contributed by atoms with Crippen molar-refractivity contribution in [1.82, 2.24) is 24.1 Å². The number of hydrogen-bond donors (Lipinski definition) is 0. The van der Waals surface area contributed by atoms with E-state index in [2.05, 4.69) is 4.98 Å². The van der Waals surface area contributed by atoms with E-state index in [4.69, 9.17) is 19.4 Å². The quantitative estimate of drug-likeness (QED) is 0.362. The molecule has 0 radical (unpaired) electrons. The van der Waals surface area contributed by atoms with E-state index in [1.54, 1.807) is 42.1 Å². The summed E-state index contributed by atoms with van der Waals surface area (Å²) in [5.41, 5.74) is 3.88. The Kier molecular flexibility index (Phi) is 5.26. The first-order valence-corrected chi connectivity index (χ1v) is 11.7. The number of benzene rings is 2. The molecule has 5 aromatic rings. The summed E-state index contributed by atoms with van der Waals surface area (Å²) in [7, 11) is 0. The van der Waals surface area contributed by atoms with Crippen LogP contribution in [-0.2, 0) is 16.0 Å². The first kappa shape index (κ1) is 21.4. The zero-order valence-electron chi connectivity index (χ0n) is 19.2. The van der Waals surface area contributed by atoms with Crippen molar-refractivity contribution in [2.24, 2.45) is 0 Å². The van der Waals surface area contributed by atoms with E-state index >= 15 is 0 Å². The first-order chi connectivity index (χ1) is 17.1. The molecule has 3 aromatic heterocycles. The molecular formula is C26H23N5O4. The molecule has 0 saturated carbocycles. The van der Waals surface area contributed by atoms with Crippen molar-refractivity contribution in [2.45, 2.75) is 32.4 Å². The number of carbonyl (C=O) groups is 1. The maximum atomic E-state index is 13.7. The second kappa shape index (κ2) is 8.59. The lowest BCUT2D eigenvalue weighted by atomic mass is 10.2. The predicted octanol–water partition coefficient (Wildman–Crippen LogP) is 3.64. The fourth-order valence-electron chi connectivity index (χ4n) is 4.62. The van der Waals surface area contributed by atoms with Crippen molar-refractivity contribution in [3.63, 3.8) is 0 Å². The molecule has 35 heavy (non-hydrogen) atoms. The van der Waals surface area contributed by atoms with Gasteiger partial charge in [-0.15, -0.1) is 0 Å². The number of nitrogens with zero attached hydrogens (tertiary/aromatic N) is 5. The van der Waals surface area contributed by atoms with Gasteiger partial charge in [0.25, 0.3) is 5.56 Å². The van der Waals surface area contributed by atoms with Gasteiger partial charge in [0.2, 0.25) is 0 Å². The molecule has 4 heterocycles. The first-order valence-electron chi connectivity index (χ1n) is 11.7. The van der Waals surface area contributed by atoms with E-state index in [1.165, 1.54) is 0 Å². The summed E-state index contributed by atoms with van der Waals surface area (Å²) in [5, 5.41) is 0.410. The maximum absolute atomic E-state index is 13.7. The van der Waals surface area contributed by atoms with Crippen LogP contribution in [0.1, 0.15) is 30.1 Å². The minimum absolute atomic E-state index is 0.00244. The average Bonchev–Trinajstić information content (AvgIpc) is 3.50. The second-order valence-electron chi connectivity index (χ2n) is 8.52. The highest BCUT2D eigenvalue weighted by Crippen LogP contribution is 2.28. The Morgan fingerprint density at radius 1 is 1.09 bits per heavy atom. The van der Waals surface area contributed by atoms with Crippen molar-refractivity contribution in [2.75, 3.05) is 13.2 Å². The van der Waals surface area contributed by atoms with Gasteiger partial charge >= 0.3 is 5.97 Å². The third-order valence-electron chi connectivity index (χ3n) is 6.29. The van der Waals surface area contributed by atoms with Crippen LogP contribution in [0.4, 0.5) is 0 Å². The van der Waals surface area contributed by atoms with Crippen LogP contribution in [0.15, 0.2) is 59.7 Å². The van der Waals surface area contributed by atoms with Gasteiger partial charge in [-0.2, -0.15) is 0 Å². The van der Waals surface area contributed by atoms with Crippen LogP contribution >= 0.6 is 0 Å². The summed E-state index contributed by atoms with van der Waals surface area (Å²) in [5.74, 6) is -0.387. The van der Waals surface area contributed by atoms with Crippen LogP contribution in [0.5, 0.6) is 0 Å². The number of carbonyl (C=O) groups excluding carboxylic acids is 1. The van der Waals surface area contributed by atoms with Crippen molar-refractivity contribution >= 4 is 39.2 Å². The molecule has 176 valence electrons. The summed E-state index contributed by atoms with van der Waals surface area (Å²) in [4.78, 5) is 40.1. The van der Waals surface area contributed by atoms with Gasteiger partial charge in [0.1, 0.15) is 17.2 Å². The number of fused-ring (bicyclic) bond motifs is 4. The molecule has 1 aliphatic rings. The molecule has 1 fully saturated rings. The highest BCUT2D eigenvalue weighted by Gasteiger charge is 2.23. The fraction of sp³-hybridized carbons (Fsp3) is 0.269. The largest absolute Gasteiger partial charge is 0.462 e. The van der Waals surface area contributed by atoms with Gasteiger partial charge in [-0.05, 0) is 56.2 Å². The van der Waals surface area contributed by atoms with E-state index in [0.29, 0.717) is 64.2 Å². The van der Waals surface area contributed by atoms with Crippen LogP contribution in [0, 0.1) is 0 Å². The molecule has 6 rings (SSSR count). The Hall–Kier alpha value is -4.11. The van der Waals surface area contributed by atoms with Gasteiger partial charge in [-0.1, -0.05) is 12.1 Å². The number of esters is 1. The Morgan fingerprint density at radius 3 is 2.57 bits per heavy atom. The highest BCUT2D eigenvalue weighted by molar-refractivity contribution is 6.05. The minimum Gasteiger partial charge on any atom is -0.462 e. The molecule has 1 atom stereocenters. The maximum Gasteiger partial charge on any atom is 0.338 e. The summed E-state index contributed by atoms with van der Waals surface area (Å²) in [6.07, 6.45) is 3.48. The monoisotopic (exact) mass is 469 g/mol. The summed E-state index contributed by atoms with van der Waals surface area (Å²) < 4.78 is 14.2. The summed E-state index contributed by atoms with van der Waals surface area (Å²) >= 11 is 0. The van der Waals surface area contributed by atoms with E-state index in [0.717, 1.165) is 12.8 Å². The zero-order valence-corrected chi connectivity index (χ0v) is 19.2. The van der Waals surface area contributed by atoms with E-state index in [9.17, 15) is 9.59 Å². The number of para-hydroxylation sites is 2. The smallest absolute Gasteiger partial charge is 0.338 e. The highest BCUT2D eigenvalue weighted by atomic mass is 16.5. The van der Waals surface area contributed by atoms with Crippen LogP contribution in [-0.4, -0.2) is 49.4 Å². The zero-order chi connectivity index (χ0) is 23.9. The molecule has 0 N–H and O–H groups in total. The predicted molar refractivity (Wildman–Crippen MR) is 131 cm³/mol. The van der Waals surface area contributed by atoms with Crippen molar-refractivity contribution in [3.05, 3.63) is 70.8 Å². The number of rotatable bonds is 5. The van der Waals surface area contributed by atoms with Crippen molar-refractivity contribution < 1.29 is 14.3 Å². The molecule has 1 aliphatic heterocycles. The molecule has 9 heteroatoms. The van der Waals surface area contributed by atoms with Gasteiger partial charge in [0.05, 0.1) is 35.9 Å². The topological polar surface area (TPSA) is 101 Å². The molecule has 1 saturated heterocycles. The third-order valence-corrected chi connectivity index (χ3v) is 6.29.